The summed E-state index contributed by atoms with van der Waals surface area (Å²) in [6.45, 7) is 4.22. The van der Waals surface area contributed by atoms with Crippen LogP contribution in [0.3, 0.4) is 0 Å². The molecule has 164 valence electrons. The Morgan fingerprint density at radius 2 is 2.06 bits per heavy atom. The molecule has 0 saturated heterocycles. The average Bonchev–Trinajstić information content (AvgIpc) is 3.34. The van der Waals surface area contributed by atoms with Gasteiger partial charge in [0.25, 0.3) is 0 Å². The van der Waals surface area contributed by atoms with Crippen molar-refractivity contribution in [2.24, 2.45) is 0 Å². The van der Waals surface area contributed by atoms with Crippen molar-refractivity contribution >= 4 is 34.3 Å². The van der Waals surface area contributed by atoms with Crippen LogP contribution < -0.4 is 10.6 Å². The van der Waals surface area contributed by atoms with Crippen LogP contribution in [-0.2, 0) is 25.2 Å². The van der Waals surface area contributed by atoms with Gasteiger partial charge in [0.1, 0.15) is 23.5 Å². The molecule has 1 spiro atoms. The third-order valence-electron chi connectivity index (χ3n) is 6.46. The normalized spacial score (nSPS) is 17.7. The zero-order valence-corrected chi connectivity index (χ0v) is 18.6. The van der Waals surface area contributed by atoms with Crippen molar-refractivity contribution in [1.29, 1.82) is 0 Å². The molecular weight excluding hydrogens is 416 g/mol. The average molecular weight is 443 g/mol. The van der Waals surface area contributed by atoms with E-state index in [4.69, 9.17) is 16.0 Å². The number of aromatic nitrogens is 3. The number of furan rings is 1. The van der Waals surface area contributed by atoms with E-state index in [0.717, 1.165) is 60.3 Å². The molecule has 3 heterocycles. The highest BCUT2D eigenvalue weighted by atomic mass is 35.5. The predicted molar refractivity (Wildman–Crippen MR) is 119 cm³/mol. The van der Waals surface area contributed by atoms with E-state index in [2.05, 4.69) is 38.7 Å². The molecule has 2 amide bonds. The first-order chi connectivity index (χ1) is 15.0. The van der Waals surface area contributed by atoms with Crippen LogP contribution in [0.25, 0.3) is 11.0 Å². The summed E-state index contributed by atoms with van der Waals surface area (Å²) in [7, 11) is 2.04. The highest BCUT2D eigenvalue weighted by molar-refractivity contribution is 6.35. The fourth-order valence-corrected chi connectivity index (χ4v) is 5.30. The fraction of sp³-hybridized carbons (Fsp3) is 0.500. The number of fused-ring (bicyclic) bond motifs is 4. The number of anilines is 1. The van der Waals surface area contributed by atoms with Gasteiger partial charge in [0, 0.05) is 17.5 Å². The van der Waals surface area contributed by atoms with Crippen LogP contribution in [0.4, 0.5) is 10.5 Å². The Morgan fingerprint density at radius 1 is 1.26 bits per heavy atom. The van der Waals surface area contributed by atoms with Crippen LogP contribution in [-0.4, -0.2) is 32.7 Å². The minimum absolute atomic E-state index is 0.192. The lowest BCUT2D eigenvalue weighted by molar-refractivity contribution is 0.208. The van der Waals surface area contributed by atoms with Crippen LogP contribution in [0.5, 0.6) is 0 Å². The maximum Gasteiger partial charge on any atom is 0.319 e. The second kappa shape index (κ2) is 7.84. The Labute approximate surface area is 185 Å². The lowest BCUT2D eigenvalue weighted by Crippen LogP contribution is -2.52. The van der Waals surface area contributed by atoms with Crippen molar-refractivity contribution in [3.8, 4) is 0 Å². The molecule has 2 N–H and O–H groups in total. The van der Waals surface area contributed by atoms with Crippen LogP contribution in [0.15, 0.2) is 22.9 Å². The van der Waals surface area contributed by atoms with E-state index in [1.807, 2.05) is 17.7 Å². The molecule has 2 aromatic heterocycles. The molecule has 0 bridgehead atoms. The van der Waals surface area contributed by atoms with Gasteiger partial charge in [-0.15, -0.1) is 10.2 Å². The van der Waals surface area contributed by atoms with E-state index in [1.165, 1.54) is 6.42 Å². The summed E-state index contributed by atoms with van der Waals surface area (Å²) < 4.78 is 8.43. The lowest BCUT2D eigenvalue weighted by Gasteiger charge is -2.42. The molecule has 1 fully saturated rings. The molecule has 2 aliphatic rings. The van der Waals surface area contributed by atoms with E-state index >= 15 is 0 Å². The maximum atomic E-state index is 12.4. The number of nitrogens with one attached hydrogen (secondary N) is 2. The third kappa shape index (κ3) is 3.57. The van der Waals surface area contributed by atoms with E-state index < -0.39 is 5.54 Å². The molecule has 31 heavy (non-hydrogen) atoms. The zero-order valence-electron chi connectivity index (χ0n) is 17.9. The van der Waals surface area contributed by atoms with Crippen molar-refractivity contribution in [3.63, 3.8) is 0 Å². The zero-order chi connectivity index (χ0) is 21.6. The van der Waals surface area contributed by atoms with Gasteiger partial charge in [0.2, 0.25) is 0 Å². The number of carbonyl (C=O) groups excluding carboxylic acids is 1. The molecule has 8 nitrogen and oxygen atoms in total. The van der Waals surface area contributed by atoms with Crippen LogP contribution in [0.1, 0.15) is 56.2 Å². The van der Waals surface area contributed by atoms with E-state index in [9.17, 15) is 4.79 Å². The number of benzene rings is 1. The predicted octanol–water partition coefficient (Wildman–Crippen LogP) is 4.62. The van der Waals surface area contributed by atoms with Gasteiger partial charge >= 0.3 is 6.03 Å². The number of urea groups is 1. The smallest absolute Gasteiger partial charge is 0.319 e. The van der Waals surface area contributed by atoms with Crippen LogP contribution in [0.2, 0.25) is 5.02 Å². The first kappa shape index (κ1) is 20.3. The number of rotatable bonds is 5. The molecule has 1 saturated carbocycles. The number of amides is 2. The van der Waals surface area contributed by atoms with Gasteiger partial charge in [-0.2, -0.15) is 0 Å². The Balaban J connectivity index is 1.50. The lowest BCUT2D eigenvalue weighted by atomic mass is 9.74. The molecule has 1 aliphatic heterocycles. The molecule has 1 aromatic carbocycles. The van der Waals surface area contributed by atoms with Gasteiger partial charge < -0.3 is 19.6 Å². The molecule has 5 rings (SSSR count). The molecule has 9 heteroatoms. The van der Waals surface area contributed by atoms with Crippen molar-refractivity contribution in [2.45, 2.75) is 64.2 Å². The minimum Gasteiger partial charge on any atom is -0.459 e. The summed E-state index contributed by atoms with van der Waals surface area (Å²) in [5.74, 6) is 1.78. The summed E-state index contributed by atoms with van der Waals surface area (Å²) in [4.78, 5) is 14.6. The Hall–Kier alpha value is -2.58. The molecule has 0 radical (unpaired) electrons. The summed E-state index contributed by atoms with van der Waals surface area (Å²) in [6, 6.07) is 3.75. The van der Waals surface area contributed by atoms with E-state index in [-0.39, 0.29) is 6.03 Å². The SMILES string of the molecule is CCn1cnnc1CN(C)Cc1cc2cc(Cl)c3c(c2o1)C1(CCCCC1)NC(=O)N3. The monoisotopic (exact) mass is 442 g/mol. The van der Waals surface area contributed by atoms with Crippen molar-refractivity contribution in [1.82, 2.24) is 25.0 Å². The fourth-order valence-electron chi connectivity index (χ4n) is 5.04. The topological polar surface area (TPSA) is 88.2 Å². The van der Waals surface area contributed by atoms with Crippen molar-refractivity contribution in [3.05, 3.63) is 40.6 Å². The van der Waals surface area contributed by atoms with Crippen LogP contribution >= 0.6 is 11.6 Å². The summed E-state index contributed by atoms with van der Waals surface area (Å²) in [6.07, 6.45) is 6.87. The number of halogens is 1. The number of nitrogens with zero attached hydrogens (tertiary/aromatic N) is 4. The third-order valence-corrected chi connectivity index (χ3v) is 6.76. The Kier molecular flexibility index (Phi) is 5.14. The number of carbonyl (C=O) groups is 1. The molecule has 0 unspecified atom stereocenters. The van der Waals surface area contributed by atoms with Crippen molar-refractivity contribution in [2.75, 3.05) is 12.4 Å². The first-order valence-corrected chi connectivity index (χ1v) is 11.3. The highest BCUT2D eigenvalue weighted by Gasteiger charge is 2.43. The van der Waals surface area contributed by atoms with E-state index in [1.54, 1.807) is 6.33 Å². The number of hydrogen-bond acceptors (Lipinski definition) is 5. The maximum absolute atomic E-state index is 12.4. The number of hydrogen-bond donors (Lipinski definition) is 2. The molecule has 1 aliphatic carbocycles. The van der Waals surface area contributed by atoms with E-state index in [0.29, 0.717) is 23.8 Å². The van der Waals surface area contributed by atoms with Gasteiger partial charge in [-0.3, -0.25) is 4.90 Å². The first-order valence-electron chi connectivity index (χ1n) is 10.9. The van der Waals surface area contributed by atoms with Gasteiger partial charge in [0.15, 0.2) is 0 Å². The van der Waals surface area contributed by atoms with Gasteiger partial charge in [-0.25, -0.2) is 4.79 Å². The largest absolute Gasteiger partial charge is 0.459 e. The van der Waals surface area contributed by atoms with Crippen molar-refractivity contribution < 1.29 is 9.21 Å². The quantitative estimate of drug-likeness (QED) is 0.601. The Bertz CT molecular complexity index is 1130. The minimum atomic E-state index is -0.419. The highest BCUT2D eigenvalue weighted by Crippen LogP contribution is 2.49. The number of aryl methyl sites for hydroxylation is 1. The van der Waals surface area contributed by atoms with Gasteiger partial charge in [-0.1, -0.05) is 30.9 Å². The molecule has 0 atom stereocenters. The van der Waals surface area contributed by atoms with Gasteiger partial charge in [-0.05, 0) is 38.9 Å². The molecular formula is C22H27ClN6O2. The summed E-state index contributed by atoms with van der Waals surface area (Å²) >= 11 is 6.62. The summed E-state index contributed by atoms with van der Waals surface area (Å²) in [5.41, 5.74) is 2.07. The standard InChI is InChI=1S/C22H27ClN6O2/c1-3-29-13-24-27-17(29)12-28(2)11-15-9-14-10-16(23)19-18(20(14)31-15)22(26-21(30)25-19)7-5-4-6-8-22/h9-10,13H,3-8,11-12H2,1-2H3,(H2,25,26,30). The Morgan fingerprint density at radius 3 is 2.84 bits per heavy atom. The molecule has 3 aromatic rings. The second-order valence-corrected chi connectivity index (χ2v) is 9.07. The second-order valence-electron chi connectivity index (χ2n) is 8.67. The summed E-state index contributed by atoms with van der Waals surface area (Å²) in [5, 5.41) is 15.9. The van der Waals surface area contributed by atoms with Gasteiger partial charge in [0.05, 0.1) is 29.3 Å². The van der Waals surface area contributed by atoms with Crippen LogP contribution in [0, 0.1) is 0 Å².